The van der Waals surface area contributed by atoms with Gasteiger partial charge in [-0.3, -0.25) is 0 Å². The second kappa shape index (κ2) is 14.0. The highest BCUT2D eigenvalue weighted by Crippen LogP contribution is 2.42. The van der Waals surface area contributed by atoms with Crippen LogP contribution in [0.1, 0.15) is 39.8 Å². The first-order chi connectivity index (χ1) is 35.5. The van der Waals surface area contributed by atoms with Gasteiger partial charge in [0, 0.05) is 50.6 Å². The van der Waals surface area contributed by atoms with Gasteiger partial charge in [0.2, 0.25) is 0 Å². The Kier molecular flexibility index (Phi) is 7.40. The number of nitrogens with zero attached hydrogens (tertiary/aromatic N) is 6. The zero-order valence-corrected chi connectivity index (χ0v) is 38.4. The van der Waals surface area contributed by atoms with Crippen LogP contribution in [0.2, 0.25) is 0 Å². The van der Waals surface area contributed by atoms with E-state index in [-0.39, 0.29) is 0 Å². The van der Waals surface area contributed by atoms with E-state index in [0.717, 1.165) is 98.7 Å². The molecule has 13 aromatic rings. The van der Waals surface area contributed by atoms with Gasteiger partial charge in [-0.25, -0.2) is 30.0 Å². The predicted octanol–water partition coefficient (Wildman–Crippen LogP) is 15.8. The maximum Gasteiger partial charge on any atom is 0.164 e. The summed E-state index contributed by atoms with van der Waals surface area (Å²) in [5.74, 6) is 3.77. The normalized spacial score (nSPS) is 14.8. The average Bonchev–Trinajstić information content (AvgIpc) is 4.12. The molecule has 4 heterocycles. The Hall–Kier alpha value is -9.72. The third-order valence-corrected chi connectivity index (χ3v) is 15.4. The first-order valence-electron chi connectivity index (χ1n) is 24.4. The van der Waals surface area contributed by atoms with Crippen molar-refractivity contribution in [1.82, 2.24) is 4.98 Å². The van der Waals surface area contributed by atoms with Crippen LogP contribution in [0.3, 0.4) is 0 Å². The highest BCUT2D eigenvalue weighted by atomic mass is 15.1. The molecule has 0 saturated heterocycles. The van der Waals surface area contributed by atoms with Gasteiger partial charge in [-0.1, -0.05) is 97.1 Å². The second-order valence-electron chi connectivity index (χ2n) is 19.6. The number of amidine groups is 4. The summed E-state index contributed by atoms with van der Waals surface area (Å²) < 4.78 is 0. The molecular formula is C65H35N7. The van der Waals surface area contributed by atoms with Crippen molar-refractivity contribution in [2.45, 2.75) is 6.42 Å². The minimum absolute atomic E-state index is 0.492. The summed E-state index contributed by atoms with van der Waals surface area (Å²) in [6.45, 7) is 0. The molecule has 0 unspecified atom stereocenters. The average molecular weight is 914 g/mol. The quantitative estimate of drug-likeness (QED) is 0.147. The van der Waals surface area contributed by atoms with Crippen molar-refractivity contribution in [2.75, 3.05) is 0 Å². The SMILES string of the molecule is c1ccc2cc3cc4c(cc3cc2c1)C1=NC2=NC(=Nc3[nH]c(c5cc6cc7ccccc7cc6cc35)N=C3N=C(N=C4C1)c1cc4cc5ccccc5cc4cc13)c1cc3cc4ccccc4cc3cc12. The highest BCUT2D eigenvalue weighted by Gasteiger charge is 2.32. The lowest BCUT2D eigenvalue weighted by molar-refractivity contribution is 1.29. The van der Waals surface area contributed by atoms with Crippen molar-refractivity contribution < 1.29 is 0 Å². The number of rotatable bonds is 0. The zero-order chi connectivity index (χ0) is 46.8. The van der Waals surface area contributed by atoms with E-state index in [0.29, 0.717) is 41.4 Å². The molecule has 7 heteroatoms. The lowest BCUT2D eigenvalue weighted by Crippen LogP contribution is -2.05. The molecule has 3 aliphatic heterocycles. The van der Waals surface area contributed by atoms with E-state index in [1.54, 1.807) is 0 Å². The largest absolute Gasteiger partial charge is 0.324 e. The molecule has 0 spiro atoms. The Morgan fingerprint density at radius 2 is 0.486 bits per heavy atom. The van der Waals surface area contributed by atoms with E-state index in [4.69, 9.17) is 30.0 Å². The van der Waals surface area contributed by atoms with E-state index in [9.17, 15) is 0 Å². The monoisotopic (exact) mass is 913 g/mol. The van der Waals surface area contributed by atoms with Gasteiger partial charge in [-0.05, 0) is 183 Å². The lowest BCUT2D eigenvalue weighted by Gasteiger charge is -2.08. The van der Waals surface area contributed by atoms with Crippen LogP contribution in [0.15, 0.2) is 224 Å². The standard InChI is InChI=1S/C65H35N7/c1-2-10-35-18-43-26-51-50(25-42(43)17-34(35)9-1)58-33-59(51)67-61-53-28-45-20-37-12-4-6-14-39(37)22-47(45)30-55(53)63(69-61)71-65-57-32-49-24-41-16-8-7-15-40(41)23-48(49)31-56(57)64(72-65)70-62-54-29-46-21-38-13-5-3-11-36(38)19-44(46)27-52(54)60(66-58)68-62/h1-32H,33H2,(H,66,67,68,69,70,71,72). The van der Waals surface area contributed by atoms with E-state index >= 15 is 0 Å². The van der Waals surface area contributed by atoms with Crippen molar-refractivity contribution >= 4 is 143 Å². The number of H-pyrrole nitrogens is 1. The van der Waals surface area contributed by atoms with E-state index in [2.05, 4.69) is 199 Å². The Morgan fingerprint density at radius 3 is 0.778 bits per heavy atom. The number of aromatic nitrogens is 1. The summed E-state index contributed by atoms with van der Waals surface area (Å²) in [4.78, 5) is 36.8. The van der Waals surface area contributed by atoms with Crippen LogP contribution in [0.5, 0.6) is 0 Å². The van der Waals surface area contributed by atoms with Gasteiger partial charge in [0.15, 0.2) is 23.3 Å². The van der Waals surface area contributed by atoms with E-state index in [1.165, 1.54) is 43.1 Å². The fourth-order valence-corrected chi connectivity index (χ4v) is 11.8. The van der Waals surface area contributed by atoms with Gasteiger partial charge in [-0.2, -0.15) is 0 Å². The van der Waals surface area contributed by atoms with Gasteiger partial charge in [0.1, 0.15) is 11.6 Å². The summed E-state index contributed by atoms with van der Waals surface area (Å²) >= 11 is 0. The number of nitrogens with one attached hydrogen (secondary N) is 1. The van der Waals surface area contributed by atoms with Crippen LogP contribution < -0.4 is 0 Å². The van der Waals surface area contributed by atoms with E-state index in [1.807, 2.05) is 0 Å². The van der Waals surface area contributed by atoms with Crippen LogP contribution >= 0.6 is 0 Å². The predicted molar refractivity (Wildman–Crippen MR) is 301 cm³/mol. The van der Waals surface area contributed by atoms with Crippen molar-refractivity contribution in [1.29, 1.82) is 0 Å². The van der Waals surface area contributed by atoms with Gasteiger partial charge in [0.05, 0.1) is 11.4 Å². The smallest absolute Gasteiger partial charge is 0.164 e. The fraction of sp³-hybridized carbons (Fsp3) is 0.0154. The molecule has 17 rings (SSSR count). The first-order valence-corrected chi connectivity index (χ1v) is 24.4. The Labute approximate surface area is 410 Å². The summed E-state index contributed by atoms with van der Waals surface area (Å²) in [7, 11) is 0. The summed E-state index contributed by atoms with van der Waals surface area (Å²) in [5.41, 5.74) is 7.63. The molecule has 0 atom stereocenters. The Bertz CT molecular complexity index is 4640. The summed E-state index contributed by atoms with van der Waals surface area (Å²) in [6.07, 6.45) is 0.492. The molecule has 1 N–H and O–H groups in total. The number of hydrogen-bond acceptors (Lipinski definition) is 6. The molecule has 330 valence electrons. The van der Waals surface area contributed by atoms with Crippen LogP contribution in [0.25, 0.3) is 97.0 Å². The lowest BCUT2D eigenvalue weighted by atomic mass is 9.97. The number of fused-ring (bicyclic) bond motifs is 26. The third kappa shape index (κ3) is 5.61. The van der Waals surface area contributed by atoms with E-state index < -0.39 is 0 Å². The van der Waals surface area contributed by atoms with Gasteiger partial charge >= 0.3 is 0 Å². The van der Waals surface area contributed by atoms with Crippen LogP contribution in [-0.2, 0) is 0 Å². The Morgan fingerprint density at radius 1 is 0.236 bits per heavy atom. The first kappa shape index (κ1) is 38.2. The fourth-order valence-electron chi connectivity index (χ4n) is 11.8. The molecule has 1 aromatic heterocycles. The molecule has 4 aliphatic rings. The van der Waals surface area contributed by atoms with Crippen LogP contribution in [0, 0.1) is 0 Å². The Balaban J connectivity index is 0.976. The van der Waals surface area contributed by atoms with Crippen LogP contribution in [0.4, 0.5) is 11.6 Å². The molecule has 1 aliphatic carbocycles. The molecule has 72 heavy (non-hydrogen) atoms. The molecule has 0 fully saturated rings. The number of aromatic amines is 1. The molecule has 0 amide bonds. The van der Waals surface area contributed by atoms with Crippen LogP contribution in [-0.4, -0.2) is 39.7 Å². The maximum absolute atomic E-state index is 5.60. The molecule has 8 bridgehead atoms. The zero-order valence-electron chi connectivity index (χ0n) is 38.4. The van der Waals surface area contributed by atoms with Gasteiger partial charge < -0.3 is 4.98 Å². The van der Waals surface area contributed by atoms with Gasteiger partial charge in [-0.15, -0.1) is 0 Å². The number of hydrogen-bond donors (Lipinski definition) is 1. The topological polar surface area (TPSA) is 89.9 Å². The van der Waals surface area contributed by atoms with Crippen molar-refractivity contribution in [3.63, 3.8) is 0 Å². The number of aliphatic imine (C=N–C) groups is 6. The second-order valence-corrected chi connectivity index (χ2v) is 19.6. The molecule has 7 nitrogen and oxygen atoms in total. The summed E-state index contributed by atoms with van der Waals surface area (Å²) in [5, 5.41) is 20.4. The third-order valence-electron chi connectivity index (χ3n) is 15.4. The minimum atomic E-state index is 0.492. The molecule has 12 aromatic carbocycles. The minimum Gasteiger partial charge on any atom is -0.324 e. The molecule has 0 radical (unpaired) electrons. The highest BCUT2D eigenvalue weighted by molar-refractivity contribution is 6.37. The summed E-state index contributed by atoms with van der Waals surface area (Å²) in [6, 6.07) is 70.3. The van der Waals surface area contributed by atoms with Crippen molar-refractivity contribution in [3.05, 3.63) is 228 Å². The van der Waals surface area contributed by atoms with Gasteiger partial charge in [0.25, 0.3) is 0 Å². The molecular weight excluding hydrogens is 879 g/mol. The molecule has 0 saturated carbocycles. The number of benzene rings is 12. The van der Waals surface area contributed by atoms with Crippen molar-refractivity contribution in [3.8, 4) is 0 Å². The maximum atomic E-state index is 5.60. The van der Waals surface area contributed by atoms with Crippen molar-refractivity contribution in [2.24, 2.45) is 30.0 Å².